The molecule has 0 aliphatic carbocycles. The third-order valence-corrected chi connectivity index (χ3v) is 6.68. The van der Waals surface area contributed by atoms with Crippen LogP contribution >= 0.6 is 23.1 Å². The number of non-ortho nitro benzene ring substituents is 1. The Morgan fingerprint density at radius 2 is 1.86 bits per heavy atom. The molecule has 4 aromatic rings. The zero-order chi connectivity index (χ0) is 20.7. The topological polar surface area (TPSA) is 108 Å². The SMILES string of the molecule is Cc1nc(SC(C)c2nnc(-c3ccc([N+](=O)[O-])cc3)o2)c2c(C)c(C)sc2n1. The van der Waals surface area contributed by atoms with Gasteiger partial charge in [-0.15, -0.1) is 21.5 Å². The molecule has 0 saturated carbocycles. The van der Waals surface area contributed by atoms with E-state index in [-0.39, 0.29) is 10.9 Å². The summed E-state index contributed by atoms with van der Waals surface area (Å²) >= 11 is 3.22. The quantitative estimate of drug-likeness (QED) is 0.180. The first-order valence-electron chi connectivity index (χ1n) is 8.82. The normalized spacial score (nSPS) is 12.4. The van der Waals surface area contributed by atoms with Crippen LogP contribution in [0.2, 0.25) is 0 Å². The van der Waals surface area contributed by atoms with Gasteiger partial charge in [0.15, 0.2) is 0 Å². The second-order valence-electron chi connectivity index (χ2n) is 6.55. The molecule has 8 nitrogen and oxygen atoms in total. The number of aryl methyl sites for hydroxylation is 3. The predicted molar refractivity (Wildman–Crippen MR) is 112 cm³/mol. The number of aromatic nitrogens is 4. The third-order valence-electron chi connectivity index (χ3n) is 4.51. The lowest BCUT2D eigenvalue weighted by Gasteiger charge is -2.08. The number of hydrogen-bond donors (Lipinski definition) is 0. The summed E-state index contributed by atoms with van der Waals surface area (Å²) in [5.74, 6) is 1.52. The Labute approximate surface area is 174 Å². The fourth-order valence-corrected chi connectivity index (χ4v) is 5.08. The number of hydrogen-bond acceptors (Lipinski definition) is 9. The average molecular weight is 428 g/mol. The Kier molecular flexibility index (Phi) is 5.05. The summed E-state index contributed by atoms with van der Waals surface area (Å²) in [4.78, 5) is 21.8. The average Bonchev–Trinajstić information content (AvgIpc) is 3.27. The number of nitro benzene ring substituents is 1. The Balaban J connectivity index is 1.61. The Morgan fingerprint density at radius 3 is 2.55 bits per heavy atom. The number of nitro groups is 1. The molecule has 0 saturated heterocycles. The zero-order valence-electron chi connectivity index (χ0n) is 16.2. The van der Waals surface area contributed by atoms with Crippen LogP contribution in [0.4, 0.5) is 5.69 Å². The Hall–Kier alpha value is -2.85. The van der Waals surface area contributed by atoms with E-state index in [1.165, 1.54) is 22.6 Å². The number of thioether (sulfide) groups is 1. The highest BCUT2D eigenvalue weighted by Gasteiger charge is 2.21. The maximum atomic E-state index is 10.8. The van der Waals surface area contributed by atoms with Crippen molar-refractivity contribution in [3.63, 3.8) is 0 Å². The number of benzene rings is 1. The minimum Gasteiger partial charge on any atom is -0.419 e. The van der Waals surface area contributed by atoms with Crippen molar-refractivity contribution in [2.45, 2.75) is 38.0 Å². The van der Waals surface area contributed by atoms with Gasteiger partial charge in [-0.3, -0.25) is 10.1 Å². The van der Waals surface area contributed by atoms with Crippen LogP contribution in [0.15, 0.2) is 33.7 Å². The van der Waals surface area contributed by atoms with Crippen LogP contribution in [-0.2, 0) is 0 Å². The van der Waals surface area contributed by atoms with Gasteiger partial charge in [-0.05, 0) is 45.4 Å². The van der Waals surface area contributed by atoms with Crippen molar-refractivity contribution < 1.29 is 9.34 Å². The first kappa shape index (κ1) is 19.5. The van der Waals surface area contributed by atoms with Gasteiger partial charge in [0.25, 0.3) is 5.69 Å². The molecule has 148 valence electrons. The summed E-state index contributed by atoms with van der Waals surface area (Å²) in [6.07, 6.45) is 0. The van der Waals surface area contributed by atoms with Crippen LogP contribution in [-0.4, -0.2) is 25.1 Å². The van der Waals surface area contributed by atoms with Gasteiger partial charge >= 0.3 is 0 Å². The highest BCUT2D eigenvalue weighted by atomic mass is 32.2. The van der Waals surface area contributed by atoms with Gasteiger partial charge in [0.05, 0.1) is 10.2 Å². The lowest BCUT2D eigenvalue weighted by Crippen LogP contribution is -1.95. The van der Waals surface area contributed by atoms with Crippen LogP contribution in [0, 0.1) is 30.9 Å². The lowest BCUT2D eigenvalue weighted by atomic mass is 10.2. The van der Waals surface area contributed by atoms with E-state index in [1.807, 2.05) is 13.8 Å². The first-order chi connectivity index (χ1) is 13.8. The second-order valence-corrected chi connectivity index (χ2v) is 9.08. The van der Waals surface area contributed by atoms with Gasteiger partial charge in [0.2, 0.25) is 11.8 Å². The van der Waals surface area contributed by atoms with Crippen LogP contribution < -0.4 is 0 Å². The number of rotatable bonds is 5. The molecule has 0 spiro atoms. The molecule has 0 bridgehead atoms. The molecular formula is C19H17N5O3S2. The molecule has 0 fully saturated rings. The van der Waals surface area contributed by atoms with Crippen molar-refractivity contribution in [3.8, 4) is 11.5 Å². The van der Waals surface area contributed by atoms with Crippen molar-refractivity contribution >= 4 is 39.0 Å². The summed E-state index contributed by atoms with van der Waals surface area (Å²) in [7, 11) is 0. The molecule has 0 radical (unpaired) electrons. The van der Waals surface area contributed by atoms with E-state index in [1.54, 1.807) is 35.2 Å². The fraction of sp³-hybridized carbons (Fsp3) is 0.263. The molecule has 1 atom stereocenters. The summed E-state index contributed by atoms with van der Waals surface area (Å²) < 4.78 is 5.83. The van der Waals surface area contributed by atoms with E-state index in [0.717, 1.165) is 21.1 Å². The minimum atomic E-state index is -0.444. The minimum absolute atomic E-state index is 0.0157. The summed E-state index contributed by atoms with van der Waals surface area (Å²) in [6, 6.07) is 6.03. The fourth-order valence-electron chi connectivity index (χ4n) is 2.86. The van der Waals surface area contributed by atoms with Crippen LogP contribution in [0.3, 0.4) is 0 Å². The van der Waals surface area contributed by atoms with Gasteiger partial charge in [0, 0.05) is 28.0 Å². The highest BCUT2D eigenvalue weighted by Crippen LogP contribution is 2.41. The summed E-state index contributed by atoms with van der Waals surface area (Å²) in [6.45, 7) is 8.04. The molecule has 10 heteroatoms. The lowest BCUT2D eigenvalue weighted by molar-refractivity contribution is -0.384. The van der Waals surface area contributed by atoms with E-state index in [0.29, 0.717) is 17.3 Å². The van der Waals surface area contributed by atoms with Crippen molar-refractivity contribution in [1.82, 2.24) is 20.2 Å². The molecule has 0 N–H and O–H groups in total. The van der Waals surface area contributed by atoms with Crippen molar-refractivity contribution in [3.05, 3.63) is 56.5 Å². The second kappa shape index (κ2) is 7.53. The molecule has 0 aliphatic heterocycles. The van der Waals surface area contributed by atoms with Crippen molar-refractivity contribution in [2.24, 2.45) is 0 Å². The maximum absolute atomic E-state index is 10.8. The van der Waals surface area contributed by atoms with E-state index in [9.17, 15) is 10.1 Å². The zero-order valence-corrected chi connectivity index (χ0v) is 17.8. The van der Waals surface area contributed by atoms with E-state index >= 15 is 0 Å². The predicted octanol–water partition coefficient (Wildman–Crippen LogP) is 5.43. The number of nitrogens with zero attached hydrogens (tertiary/aromatic N) is 5. The smallest absolute Gasteiger partial charge is 0.269 e. The van der Waals surface area contributed by atoms with E-state index in [2.05, 4.69) is 34.0 Å². The third kappa shape index (κ3) is 3.73. The van der Waals surface area contributed by atoms with Crippen molar-refractivity contribution in [1.29, 1.82) is 0 Å². The van der Waals surface area contributed by atoms with Crippen LogP contribution in [0.25, 0.3) is 21.7 Å². The standard InChI is InChI=1S/C19H17N5O3S2/c1-9-10(2)28-18-15(9)19(21-12(4)20-18)29-11(3)16-22-23-17(27-16)13-5-7-14(8-6-13)24(25)26/h5-8,11H,1-4H3. The number of fused-ring (bicyclic) bond motifs is 1. The van der Waals surface area contributed by atoms with Crippen LogP contribution in [0.5, 0.6) is 0 Å². The molecule has 1 aromatic carbocycles. The van der Waals surface area contributed by atoms with Crippen LogP contribution in [0.1, 0.15) is 34.3 Å². The Bertz CT molecular complexity index is 1220. The van der Waals surface area contributed by atoms with E-state index in [4.69, 9.17) is 4.42 Å². The molecule has 4 rings (SSSR count). The summed E-state index contributed by atoms with van der Waals surface area (Å²) in [5, 5.41) is 20.9. The molecule has 3 heterocycles. The van der Waals surface area contributed by atoms with Gasteiger partial charge < -0.3 is 4.42 Å². The molecular weight excluding hydrogens is 410 g/mol. The van der Waals surface area contributed by atoms with Gasteiger partial charge in [0.1, 0.15) is 15.7 Å². The summed E-state index contributed by atoms with van der Waals surface area (Å²) in [5.41, 5.74) is 1.84. The van der Waals surface area contributed by atoms with E-state index < -0.39 is 4.92 Å². The largest absolute Gasteiger partial charge is 0.419 e. The van der Waals surface area contributed by atoms with Gasteiger partial charge in [-0.1, -0.05) is 11.8 Å². The van der Waals surface area contributed by atoms with Gasteiger partial charge in [-0.25, -0.2) is 9.97 Å². The molecule has 0 amide bonds. The maximum Gasteiger partial charge on any atom is 0.269 e. The van der Waals surface area contributed by atoms with Crippen molar-refractivity contribution in [2.75, 3.05) is 0 Å². The highest BCUT2D eigenvalue weighted by molar-refractivity contribution is 7.99. The number of thiophene rings is 1. The molecule has 1 unspecified atom stereocenters. The monoisotopic (exact) mass is 427 g/mol. The van der Waals surface area contributed by atoms with Gasteiger partial charge in [-0.2, -0.15) is 0 Å². The molecule has 29 heavy (non-hydrogen) atoms. The molecule has 3 aromatic heterocycles. The Morgan fingerprint density at radius 1 is 1.14 bits per heavy atom. The molecule has 0 aliphatic rings. The first-order valence-corrected chi connectivity index (χ1v) is 10.5.